The van der Waals surface area contributed by atoms with Gasteiger partial charge in [-0.15, -0.1) is 0 Å². The molecule has 1 aliphatic carbocycles. The summed E-state index contributed by atoms with van der Waals surface area (Å²) in [6, 6.07) is 4.11. The van der Waals surface area contributed by atoms with Crippen molar-refractivity contribution in [3.05, 3.63) is 29.3 Å². The molecule has 1 aromatic rings. The Balaban J connectivity index is 1.42. The molecule has 3 aliphatic rings. The topological polar surface area (TPSA) is 122 Å². The number of ether oxygens (including phenoxy) is 1. The molecule has 0 bridgehead atoms. The van der Waals surface area contributed by atoms with Crippen LogP contribution in [0.4, 0.5) is 5.69 Å². The number of rotatable bonds is 7. The van der Waals surface area contributed by atoms with E-state index in [0.717, 1.165) is 30.6 Å². The zero-order valence-electron chi connectivity index (χ0n) is 18.7. The minimum Gasteiger partial charge on any atom is -0.465 e. The number of nitrogens with zero attached hydrogens (tertiary/aromatic N) is 1. The highest BCUT2D eigenvalue weighted by Crippen LogP contribution is 2.34. The summed E-state index contributed by atoms with van der Waals surface area (Å²) >= 11 is 0. The van der Waals surface area contributed by atoms with E-state index in [-0.39, 0.29) is 41.9 Å². The molecule has 2 heterocycles. The number of fused-ring (bicyclic) bond motifs is 1. The fraction of sp³-hybridized carbons (Fsp3) is 0.542. The van der Waals surface area contributed by atoms with Gasteiger partial charge in [0.15, 0.2) is 0 Å². The first-order valence-electron chi connectivity index (χ1n) is 11.7. The maximum absolute atomic E-state index is 13.2. The van der Waals surface area contributed by atoms with Crippen LogP contribution in [0.1, 0.15) is 79.0 Å². The van der Waals surface area contributed by atoms with E-state index in [9.17, 15) is 24.0 Å². The molecule has 1 atom stereocenters. The number of nitrogens with one attached hydrogen (secondary N) is 2. The molecule has 1 aromatic carbocycles. The van der Waals surface area contributed by atoms with E-state index in [1.54, 1.807) is 18.2 Å². The largest absolute Gasteiger partial charge is 0.465 e. The van der Waals surface area contributed by atoms with Crippen LogP contribution in [-0.2, 0) is 19.1 Å². The second-order valence-electron chi connectivity index (χ2n) is 8.89. The Morgan fingerprint density at radius 3 is 2.55 bits per heavy atom. The summed E-state index contributed by atoms with van der Waals surface area (Å²) < 4.78 is 5.35. The molecule has 33 heavy (non-hydrogen) atoms. The Kier molecular flexibility index (Phi) is 6.76. The van der Waals surface area contributed by atoms with Crippen LogP contribution in [0, 0.1) is 5.92 Å². The third kappa shape index (κ3) is 4.62. The van der Waals surface area contributed by atoms with Gasteiger partial charge < -0.3 is 10.1 Å². The van der Waals surface area contributed by atoms with Crippen LogP contribution in [0.5, 0.6) is 0 Å². The molecule has 0 aromatic heterocycles. The number of carbonyl (C=O) groups excluding carboxylic acids is 5. The number of carbonyl (C=O) groups is 5. The number of piperidine rings is 1. The lowest BCUT2D eigenvalue weighted by Crippen LogP contribution is -2.54. The predicted molar refractivity (Wildman–Crippen MR) is 118 cm³/mol. The van der Waals surface area contributed by atoms with Crippen LogP contribution in [-0.4, -0.2) is 53.2 Å². The molecule has 2 aliphatic heterocycles. The van der Waals surface area contributed by atoms with Gasteiger partial charge >= 0.3 is 5.97 Å². The van der Waals surface area contributed by atoms with Gasteiger partial charge in [-0.2, -0.15) is 0 Å². The molecule has 2 fully saturated rings. The molecule has 1 saturated carbocycles. The van der Waals surface area contributed by atoms with E-state index < -0.39 is 29.7 Å². The van der Waals surface area contributed by atoms with Crippen LogP contribution in [0.3, 0.4) is 0 Å². The number of anilines is 1. The number of esters is 1. The van der Waals surface area contributed by atoms with Crippen molar-refractivity contribution in [2.24, 2.45) is 5.92 Å². The molecule has 176 valence electrons. The van der Waals surface area contributed by atoms with E-state index in [1.165, 1.54) is 0 Å². The lowest BCUT2D eigenvalue weighted by Gasteiger charge is -2.29. The summed E-state index contributed by atoms with van der Waals surface area (Å²) in [5, 5.41) is 5.59. The number of unbranched alkanes of at least 4 members (excludes halogenated alkanes) is 1. The zero-order valence-corrected chi connectivity index (χ0v) is 18.7. The van der Waals surface area contributed by atoms with Crippen LogP contribution in [0.2, 0.25) is 0 Å². The quantitative estimate of drug-likeness (QED) is 0.368. The van der Waals surface area contributed by atoms with Gasteiger partial charge in [-0.05, 0) is 50.7 Å². The summed E-state index contributed by atoms with van der Waals surface area (Å²) in [5.41, 5.74) is 1.06. The van der Waals surface area contributed by atoms with Gasteiger partial charge in [-0.25, -0.2) is 0 Å². The molecule has 0 spiro atoms. The number of amides is 4. The minimum atomic E-state index is -0.989. The maximum Gasteiger partial charge on any atom is 0.308 e. The molecule has 2 N–H and O–H groups in total. The zero-order chi connectivity index (χ0) is 23.5. The second kappa shape index (κ2) is 9.72. The second-order valence-corrected chi connectivity index (χ2v) is 8.89. The highest BCUT2D eigenvalue weighted by molar-refractivity contribution is 6.25. The fourth-order valence-corrected chi connectivity index (χ4v) is 4.76. The third-order valence-electron chi connectivity index (χ3n) is 6.63. The lowest BCUT2D eigenvalue weighted by atomic mass is 9.86. The first-order valence-corrected chi connectivity index (χ1v) is 11.7. The van der Waals surface area contributed by atoms with Crippen molar-refractivity contribution in [1.29, 1.82) is 0 Å². The van der Waals surface area contributed by atoms with Gasteiger partial charge in [0.05, 0.1) is 23.7 Å². The Labute approximate surface area is 192 Å². The van der Waals surface area contributed by atoms with E-state index in [4.69, 9.17) is 4.74 Å². The Bertz CT molecular complexity index is 982. The van der Waals surface area contributed by atoms with Gasteiger partial charge in [-0.3, -0.25) is 34.2 Å². The summed E-state index contributed by atoms with van der Waals surface area (Å²) in [6.45, 7) is 2.51. The van der Waals surface area contributed by atoms with Crippen molar-refractivity contribution < 1.29 is 28.7 Å². The molecule has 0 radical (unpaired) electrons. The highest BCUT2D eigenvalue weighted by Gasteiger charge is 2.45. The monoisotopic (exact) mass is 455 g/mol. The molecule has 4 amide bonds. The Morgan fingerprint density at radius 2 is 1.85 bits per heavy atom. The molecule has 1 saturated heterocycles. The minimum absolute atomic E-state index is 0.0590. The van der Waals surface area contributed by atoms with Gasteiger partial charge in [0.25, 0.3) is 11.8 Å². The third-order valence-corrected chi connectivity index (χ3v) is 6.63. The standard InChI is InChI=1S/C24H29N3O6/c1-2-3-13-33-24(32)14-7-9-15(10-8-14)25-17-6-4-5-16-20(17)23(31)27(22(16)30)18-11-12-19(28)26-21(18)29/h4-6,14-15,18,25H,2-3,7-13H2,1H3,(H,26,28,29). The average molecular weight is 456 g/mol. The van der Waals surface area contributed by atoms with Crippen molar-refractivity contribution in [2.45, 2.75) is 70.4 Å². The molecule has 9 heteroatoms. The maximum atomic E-state index is 13.2. The summed E-state index contributed by atoms with van der Waals surface area (Å²) in [4.78, 5) is 63.1. The van der Waals surface area contributed by atoms with Gasteiger partial charge in [0.2, 0.25) is 11.8 Å². The Morgan fingerprint density at radius 1 is 1.09 bits per heavy atom. The number of imide groups is 2. The fourth-order valence-electron chi connectivity index (χ4n) is 4.76. The summed E-state index contributed by atoms with van der Waals surface area (Å²) in [5.74, 6) is -2.32. The van der Waals surface area contributed by atoms with Gasteiger partial charge in [-0.1, -0.05) is 19.4 Å². The van der Waals surface area contributed by atoms with Crippen molar-refractivity contribution in [1.82, 2.24) is 10.2 Å². The molecular weight excluding hydrogens is 426 g/mol. The van der Waals surface area contributed by atoms with Gasteiger partial charge in [0.1, 0.15) is 6.04 Å². The summed E-state index contributed by atoms with van der Waals surface area (Å²) in [6.07, 6.45) is 4.94. The van der Waals surface area contributed by atoms with Gasteiger partial charge in [0, 0.05) is 18.2 Å². The summed E-state index contributed by atoms with van der Waals surface area (Å²) in [7, 11) is 0. The van der Waals surface area contributed by atoms with Crippen molar-refractivity contribution in [3.8, 4) is 0 Å². The van der Waals surface area contributed by atoms with E-state index in [1.807, 2.05) is 6.92 Å². The van der Waals surface area contributed by atoms with E-state index in [0.29, 0.717) is 25.1 Å². The van der Waals surface area contributed by atoms with E-state index >= 15 is 0 Å². The molecule has 9 nitrogen and oxygen atoms in total. The first-order chi connectivity index (χ1) is 15.9. The van der Waals surface area contributed by atoms with Crippen LogP contribution in [0.15, 0.2) is 18.2 Å². The predicted octanol–water partition coefficient (Wildman–Crippen LogP) is 2.40. The van der Waals surface area contributed by atoms with E-state index in [2.05, 4.69) is 10.6 Å². The smallest absolute Gasteiger partial charge is 0.308 e. The van der Waals surface area contributed by atoms with Crippen LogP contribution >= 0.6 is 0 Å². The Hall–Kier alpha value is -3.23. The molecular formula is C24H29N3O6. The SMILES string of the molecule is CCCCOC(=O)C1CCC(Nc2cccc3c2C(=O)N(C2CCC(=O)NC2=O)C3=O)CC1. The number of hydrogen-bond donors (Lipinski definition) is 2. The first kappa shape index (κ1) is 22.9. The van der Waals surface area contributed by atoms with Crippen LogP contribution in [0.25, 0.3) is 0 Å². The normalized spacial score (nSPS) is 25.0. The van der Waals surface area contributed by atoms with Crippen molar-refractivity contribution in [2.75, 3.05) is 11.9 Å². The average Bonchev–Trinajstić information content (AvgIpc) is 3.05. The van der Waals surface area contributed by atoms with Crippen molar-refractivity contribution >= 4 is 35.3 Å². The number of benzene rings is 1. The van der Waals surface area contributed by atoms with Crippen molar-refractivity contribution in [3.63, 3.8) is 0 Å². The highest BCUT2D eigenvalue weighted by atomic mass is 16.5. The molecule has 1 unspecified atom stereocenters. The number of hydrogen-bond acceptors (Lipinski definition) is 7. The molecule has 4 rings (SSSR count). The lowest BCUT2D eigenvalue weighted by molar-refractivity contribution is -0.149. The van der Waals surface area contributed by atoms with Crippen LogP contribution < -0.4 is 10.6 Å².